The summed E-state index contributed by atoms with van der Waals surface area (Å²) in [4.78, 5) is 34.5. The molecule has 1 aromatic carbocycles. The Labute approximate surface area is 149 Å². The molecule has 1 aromatic rings. The van der Waals surface area contributed by atoms with Gasteiger partial charge in [-0.05, 0) is 38.2 Å². The number of esters is 2. The standard InChI is InChI=1S/C20H28O5/c1-5-20(4,14-15(2)17-9-7-6-8-10-17)19(23)25-12-11-24-18(22)13-16(3)21/h6-10,15H,5,11-14H2,1-4H3. The van der Waals surface area contributed by atoms with E-state index in [9.17, 15) is 14.4 Å². The molecule has 25 heavy (non-hydrogen) atoms. The van der Waals surface area contributed by atoms with Crippen molar-refractivity contribution >= 4 is 17.7 Å². The Morgan fingerprint density at radius 1 is 1.08 bits per heavy atom. The molecule has 0 aromatic heterocycles. The van der Waals surface area contributed by atoms with E-state index in [0.29, 0.717) is 12.8 Å². The van der Waals surface area contributed by atoms with Crippen LogP contribution in [0.15, 0.2) is 30.3 Å². The number of hydrogen-bond donors (Lipinski definition) is 0. The van der Waals surface area contributed by atoms with Gasteiger partial charge in [0.25, 0.3) is 0 Å². The maximum absolute atomic E-state index is 12.5. The van der Waals surface area contributed by atoms with Crippen LogP contribution >= 0.6 is 0 Å². The molecule has 0 saturated carbocycles. The second-order valence-corrected chi connectivity index (χ2v) is 6.67. The molecular formula is C20H28O5. The Bertz CT molecular complexity index is 581. The number of hydrogen-bond acceptors (Lipinski definition) is 5. The summed E-state index contributed by atoms with van der Waals surface area (Å²) in [5, 5.41) is 0. The lowest BCUT2D eigenvalue weighted by atomic mass is 9.77. The molecule has 0 radical (unpaired) electrons. The molecule has 5 heteroatoms. The van der Waals surface area contributed by atoms with Crippen LogP contribution in [0.5, 0.6) is 0 Å². The first-order chi connectivity index (χ1) is 11.8. The second-order valence-electron chi connectivity index (χ2n) is 6.67. The highest BCUT2D eigenvalue weighted by atomic mass is 16.6. The molecule has 0 heterocycles. The van der Waals surface area contributed by atoms with Crippen LogP contribution in [0, 0.1) is 5.41 Å². The number of Topliss-reactive ketones (excluding diaryl/α,β-unsaturated/α-hetero) is 1. The summed E-state index contributed by atoms with van der Waals surface area (Å²) in [7, 11) is 0. The molecule has 1 rings (SSSR count). The first kappa shape index (κ1) is 20.9. The predicted octanol–water partition coefficient (Wildman–Crippen LogP) is 3.66. The molecule has 0 spiro atoms. The summed E-state index contributed by atoms with van der Waals surface area (Å²) in [5.41, 5.74) is 0.590. The average Bonchev–Trinajstić information content (AvgIpc) is 2.58. The normalized spacial score (nSPS) is 14.2. The van der Waals surface area contributed by atoms with Gasteiger partial charge >= 0.3 is 11.9 Å². The summed E-state index contributed by atoms with van der Waals surface area (Å²) in [6.07, 6.45) is 1.08. The molecule has 0 amide bonds. The zero-order valence-electron chi connectivity index (χ0n) is 15.5. The van der Waals surface area contributed by atoms with E-state index in [-0.39, 0.29) is 37.3 Å². The van der Waals surface area contributed by atoms with E-state index in [4.69, 9.17) is 9.47 Å². The minimum absolute atomic E-state index is 0.00220. The first-order valence-corrected chi connectivity index (χ1v) is 8.65. The van der Waals surface area contributed by atoms with Crippen molar-refractivity contribution in [2.24, 2.45) is 5.41 Å². The van der Waals surface area contributed by atoms with Gasteiger partial charge < -0.3 is 9.47 Å². The van der Waals surface area contributed by atoms with Crippen LogP contribution in [0.4, 0.5) is 0 Å². The lowest BCUT2D eigenvalue weighted by molar-refractivity contribution is -0.161. The average molecular weight is 348 g/mol. The van der Waals surface area contributed by atoms with Crippen molar-refractivity contribution in [1.82, 2.24) is 0 Å². The fourth-order valence-electron chi connectivity index (χ4n) is 2.67. The Balaban J connectivity index is 2.49. The van der Waals surface area contributed by atoms with Gasteiger partial charge in [0.1, 0.15) is 25.4 Å². The highest BCUT2D eigenvalue weighted by Gasteiger charge is 2.34. The van der Waals surface area contributed by atoms with Crippen molar-refractivity contribution < 1.29 is 23.9 Å². The third-order valence-corrected chi connectivity index (χ3v) is 4.37. The molecule has 0 bridgehead atoms. The van der Waals surface area contributed by atoms with Gasteiger partial charge in [-0.1, -0.05) is 44.2 Å². The molecule has 5 nitrogen and oxygen atoms in total. The number of benzene rings is 1. The maximum atomic E-state index is 12.5. The summed E-state index contributed by atoms with van der Waals surface area (Å²) in [5.74, 6) is -0.914. The molecule has 0 fully saturated rings. The molecular weight excluding hydrogens is 320 g/mol. The van der Waals surface area contributed by atoms with Gasteiger partial charge in [-0.2, -0.15) is 0 Å². The van der Waals surface area contributed by atoms with Gasteiger partial charge in [-0.25, -0.2) is 0 Å². The van der Waals surface area contributed by atoms with Crippen molar-refractivity contribution in [3.63, 3.8) is 0 Å². The van der Waals surface area contributed by atoms with Gasteiger partial charge in [0.15, 0.2) is 0 Å². The lowest BCUT2D eigenvalue weighted by Gasteiger charge is -2.29. The van der Waals surface area contributed by atoms with Gasteiger partial charge in [0, 0.05) is 0 Å². The van der Waals surface area contributed by atoms with Crippen LogP contribution < -0.4 is 0 Å². The van der Waals surface area contributed by atoms with Crippen molar-refractivity contribution in [2.75, 3.05) is 13.2 Å². The first-order valence-electron chi connectivity index (χ1n) is 8.65. The van der Waals surface area contributed by atoms with E-state index in [1.165, 1.54) is 12.5 Å². The summed E-state index contributed by atoms with van der Waals surface area (Å²) in [6, 6.07) is 10.1. The third kappa shape index (κ3) is 7.08. The summed E-state index contributed by atoms with van der Waals surface area (Å²) < 4.78 is 10.2. The predicted molar refractivity (Wildman–Crippen MR) is 95.1 cm³/mol. The van der Waals surface area contributed by atoms with Crippen LogP contribution in [0.25, 0.3) is 0 Å². The molecule has 0 N–H and O–H groups in total. The SMILES string of the molecule is CCC(C)(CC(C)c1ccccc1)C(=O)OCCOC(=O)CC(C)=O. The van der Waals surface area contributed by atoms with E-state index in [1.54, 1.807) is 0 Å². The van der Waals surface area contributed by atoms with Crippen LogP contribution in [-0.2, 0) is 23.9 Å². The van der Waals surface area contributed by atoms with Gasteiger partial charge in [0.05, 0.1) is 5.41 Å². The zero-order chi connectivity index (χ0) is 18.9. The Kier molecular flexibility index (Phi) is 8.32. The quantitative estimate of drug-likeness (QED) is 0.367. The van der Waals surface area contributed by atoms with Gasteiger partial charge in [-0.15, -0.1) is 0 Å². The number of rotatable bonds is 10. The molecule has 2 unspecified atom stereocenters. The Morgan fingerprint density at radius 2 is 1.68 bits per heavy atom. The lowest BCUT2D eigenvalue weighted by Crippen LogP contribution is -2.32. The molecule has 0 aliphatic carbocycles. The number of ketones is 1. The van der Waals surface area contributed by atoms with E-state index in [0.717, 1.165) is 0 Å². The smallest absolute Gasteiger partial charge is 0.313 e. The van der Waals surface area contributed by atoms with E-state index in [1.807, 2.05) is 32.0 Å². The number of ether oxygens (including phenoxy) is 2. The van der Waals surface area contributed by atoms with Crippen molar-refractivity contribution in [1.29, 1.82) is 0 Å². The van der Waals surface area contributed by atoms with Gasteiger partial charge in [-0.3, -0.25) is 14.4 Å². The van der Waals surface area contributed by atoms with Crippen molar-refractivity contribution in [2.45, 2.75) is 52.9 Å². The topological polar surface area (TPSA) is 69.7 Å². The maximum Gasteiger partial charge on any atom is 0.313 e. The zero-order valence-corrected chi connectivity index (χ0v) is 15.5. The van der Waals surface area contributed by atoms with Crippen molar-refractivity contribution in [3.8, 4) is 0 Å². The van der Waals surface area contributed by atoms with Crippen LogP contribution in [0.3, 0.4) is 0 Å². The van der Waals surface area contributed by atoms with E-state index >= 15 is 0 Å². The summed E-state index contributed by atoms with van der Waals surface area (Å²) in [6.45, 7) is 7.24. The third-order valence-electron chi connectivity index (χ3n) is 4.37. The molecule has 0 saturated heterocycles. The molecule has 138 valence electrons. The number of carbonyl (C=O) groups excluding carboxylic acids is 3. The minimum atomic E-state index is -0.599. The van der Waals surface area contributed by atoms with Crippen LogP contribution in [0.1, 0.15) is 58.4 Å². The second kappa shape index (κ2) is 9.97. The fourth-order valence-corrected chi connectivity index (χ4v) is 2.67. The fraction of sp³-hybridized carbons (Fsp3) is 0.550. The highest BCUT2D eigenvalue weighted by Crippen LogP contribution is 2.35. The molecule has 2 atom stereocenters. The van der Waals surface area contributed by atoms with Crippen molar-refractivity contribution in [3.05, 3.63) is 35.9 Å². The van der Waals surface area contributed by atoms with Gasteiger partial charge in [0.2, 0.25) is 0 Å². The molecule has 0 aliphatic rings. The monoisotopic (exact) mass is 348 g/mol. The highest BCUT2D eigenvalue weighted by molar-refractivity contribution is 5.94. The summed E-state index contributed by atoms with van der Waals surface area (Å²) >= 11 is 0. The number of carbonyl (C=O) groups is 3. The minimum Gasteiger partial charge on any atom is -0.462 e. The van der Waals surface area contributed by atoms with Crippen LogP contribution in [-0.4, -0.2) is 30.9 Å². The Hall–Kier alpha value is -2.17. The van der Waals surface area contributed by atoms with E-state index in [2.05, 4.69) is 19.1 Å². The largest absolute Gasteiger partial charge is 0.462 e. The Morgan fingerprint density at radius 3 is 2.24 bits per heavy atom. The van der Waals surface area contributed by atoms with E-state index < -0.39 is 11.4 Å². The van der Waals surface area contributed by atoms with Crippen LogP contribution in [0.2, 0.25) is 0 Å². The molecule has 0 aliphatic heterocycles.